The zero-order valence-corrected chi connectivity index (χ0v) is 5.13. The molecule has 1 nitrogen and oxygen atoms in total. The Morgan fingerprint density at radius 1 is 1.33 bits per heavy atom. The third kappa shape index (κ3) is 4.82. The van der Waals surface area contributed by atoms with Crippen LogP contribution in [0.25, 0.3) is 0 Å². The molecule has 2 radical (unpaired) electrons. The third-order valence-electron chi connectivity index (χ3n) is 0.663. The summed E-state index contributed by atoms with van der Waals surface area (Å²) in [5.41, 5.74) is 0.805. The van der Waals surface area contributed by atoms with Crippen LogP contribution in [0, 0.1) is 0 Å². The third-order valence-corrected chi connectivity index (χ3v) is 0.663. The number of carbonyl (C=O) groups excluding carboxylic acids is 1. The summed E-state index contributed by atoms with van der Waals surface area (Å²) >= 11 is 0. The predicted octanol–water partition coefficient (Wildman–Crippen LogP) is 0.980. The van der Waals surface area contributed by atoms with E-state index in [2.05, 4.69) is 13.2 Å². The fraction of sp³-hybridized carbons (Fsp3) is 0. The molecule has 0 aliphatic rings. The van der Waals surface area contributed by atoms with Crippen LogP contribution >= 0.6 is 0 Å². The molecular formula is C7H7BO. The molecule has 0 aromatic rings. The molecule has 0 N–H and O–H groups in total. The van der Waals surface area contributed by atoms with E-state index < -0.39 is 0 Å². The van der Waals surface area contributed by atoms with E-state index in [0.29, 0.717) is 17.3 Å². The minimum Gasteiger partial charge on any atom is -0.298 e. The van der Waals surface area contributed by atoms with Crippen LogP contribution in [0.1, 0.15) is 0 Å². The first kappa shape index (κ1) is 7.95. The van der Waals surface area contributed by atoms with Crippen molar-refractivity contribution in [2.24, 2.45) is 0 Å². The number of allylic oxidation sites excluding steroid dienone is 4. The minimum atomic E-state index is 0.390. The van der Waals surface area contributed by atoms with Crippen molar-refractivity contribution in [3.8, 4) is 0 Å². The number of hydrogen-bond donors (Lipinski definition) is 0. The van der Waals surface area contributed by atoms with Crippen LogP contribution in [0.5, 0.6) is 0 Å². The lowest BCUT2D eigenvalue weighted by atomic mass is 9.97. The fourth-order valence-corrected chi connectivity index (χ4v) is 0.253. The SMILES string of the molecule is [B]C(=C)/C=C\C(=C)C=O. The Labute approximate surface area is 56.2 Å². The first-order valence-corrected chi connectivity index (χ1v) is 2.43. The van der Waals surface area contributed by atoms with Gasteiger partial charge in [0.05, 0.1) is 0 Å². The Morgan fingerprint density at radius 2 is 1.89 bits per heavy atom. The molecule has 0 amide bonds. The first-order chi connectivity index (χ1) is 4.16. The molecule has 0 fully saturated rings. The maximum Gasteiger partial charge on any atom is 0.149 e. The van der Waals surface area contributed by atoms with Crippen LogP contribution in [0.3, 0.4) is 0 Å². The van der Waals surface area contributed by atoms with Gasteiger partial charge in [0.1, 0.15) is 14.1 Å². The van der Waals surface area contributed by atoms with Crippen LogP contribution in [0.4, 0.5) is 0 Å². The maximum absolute atomic E-state index is 9.90. The summed E-state index contributed by atoms with van der Waals surface area (Å²) in [7, 11) is 5.16. The molecule has 0 aliphatic carbocycles. The Kier molecular flexibility index (Phi) is 3.44. The predicted molar refractivity (Wildman–Crippen MR) is 39.2 cm³/mol. The summed E-state index contributed by atoms with van der Waals surface area (Å²) in [6.07, 6.45) is 3.69. The van der Waals surface area contributed by atoms with E-state index in [-0.39, 0.29) is 0 Å². The lowest BCUT2D eigenvalue weighted by Gasteiger charge is -1.83. The second kappa shape index (κ2) is 3.90. The average Bonchev–Trinajstić information content (AvgIpc) is 1.83. The summed E-state index contributed by atoms with van der Waals surface area (Å²) in [6.45, 7) is 6.79. The van der Waals surface area contributed by atoms with E-state index in [4.69, 9.17) is 7.85 Å². The summed E-state index contributed by atoms with van der Waals surface area (Å²) < 4.78 is 0. The second-order valence-corrected chi connectivity index (χ2v) is 1.60. The van der Waals surface area contributed by atoms with Crippen molar-refractivity contribution < 1.29 is 4.79 Å². The van der Waals surface area contributed by atoms with Gasteiger partial charge in [-0.25, -0.2) is 0 Å². The molecule has 0 aromatic carbocycles. The second-order valence-electron chi connectivity index (χ2n) is 1.60. The molecule has 0 spiro atoms. The van der Waals surface area contributed by atoms with E-state index in [1.807, 2.05) is 0 Å². The Bertz CT molecular complexity index is 168. The molecule has 2 heteroatoms. The molecule has 0 saturated heterocycles. The molecular weight excluding hydrogens is 111 g/mol. The molecule has 0 bridgehead atoms. The average molecular weight is 118 g/mol. The highest BCUT2D eigenvalue weighted by Gasteiger charge is 1.79. The molecule has 0 atom stereocenters. The topological polar surface area (TPSA) is 17.1 Å². The van der Waals surface area contributed by atoms with Crippen LogP contribution in [0.15, 0.2) is 36.4 Å². The Morgan fingerprint density at radius 3 is 2.22 bits per heavy atom. The van der Waals surface area contributed by atoms with Gasteiger partial charge >= 0.3 is 0 Å². The van der Waals surface area contributed by atoms with Gasteiger partial charge in [-0.2, -0.15) is 0 Å². The zero-order valence-electron chi connectivity index (χ0n) is 5.13. The van der Waals surface area contributed by atoms with Gasteiger partial charge in [-0.05, 0) is 0 Å². The van der Waals surface area contributed by atoms with Crippen molar-refractivity contribution in [2.75, 3.05) is 0 Å². The van der Waals surface area contributed by atoms with Gasteiger partial charge in [-0.15, -0.1) is 12.1 Å². The normalized spacial score (nSPS) is 9.33. The van der Waals surface area contributed by atoms with Gasteiger partial charge in [-0.3, -0.25) is 4.79 Å². The highest BCUT2D eigenvalue weighted by atomic mass is 16.1. The standard InChI is InChI=1S/C7H7BO/c1-6(5-9)3-4-7(2)8/h3-5H,1-2H2/b4-3-. The van der Waals surface area contributed by atoms with Crippen LogP contribution in [-0.2, 0) is 4.79 Å². The summed E-state index contributed by atoms with van der Waals surface area (Å²) in [5, 5.41) is 0. The fourth-order valence-electron chi connectivity index (χ4n) is 0.253. The van der Waals surface area contributed by atoms with Gasteiger partial charge in [0.25, 0.3) is 0 Å². The lowest BCUT2D eigenvalue weighted by Crippen LogP contribution is -1.75. The van der Waals surface area contributed by atoms with Crippen molar-refractivity contribution in [3.63, 3.8) is 0 Å². The van der Waals surface area contributed by atoms with E-state index in [0.717, 1.165) is 0 Å². The quantitative estimate of drug-likeness (QED) is 0.233. The van der Waals surface area contributed by atoms with Crippen molar-refractivity contribution in [1.82, 2.24) is 0 Å². The largest absolute Gasteiger partial charge is 0.298 e. The molecule has 9 heavy (non-hydrogen) atoms. The van der Waals surface area contributed by atoms with E-state index in [1.165, 1.54) is 12.2 Å². The summed E-state index contributed by atoms with van der Waals surface area (Å²) in [6, 6.07) is 0. The molecule has 44 valence electrons. The van der Waals surface area contributed by atoms with Crippen molar-refractivity contribution in [1.29, 1.82) is 0 Å². The van der Waals surface area contributed by atoms with Gasteiger partial charge in [0.2, 0.25) is 0 Å². The molecule has 0 saturated carbocycles. The maximum atomic E-state index is 9.90. The number of hydrogen-bond acceptors (Lipinski definition) is 1. The number of carbonyl (C=O) groups is 1. The minimum absolute atomic E-state index is 0.390. The highest BCUT2D eigenvalue weighted by Crippen LogP contribution is 1.90. The smallest absolute Gasteiger partial charge is 0.149 e. The number of aldehydes is 1. The monoisotopic (exact) mass is 118 g/mol. The molecule has 0 aromatic heterocycles. The van der Waals surface area contributed by atoms with Gasteiger partial charge in [0.15, 0.2) is 0 Å². The molecule has 0 aliphatic heterocycles. The van der Waals surface area contributed by atoms with Crippen molar-refractivity contribution in [2.45, 2.75) is 0 Å². The van der Waals surface area contributed by atoms with Gasteiger partial charge in [-0.1, -0.05) is 18.7 Å². The number of rotatable bonds is 3. The molecule has 0 heterocycles. The highest BCUT2D eigenvalue weighted by molar-refractivity contribution is 6.23. The van der Waals surface area contributed by atoms with Gasteiger partial charge in [0, 0.05) is 5.57 Å². The summed E-state index contributed by atoms with van der Waals surface area (Å²) in [5.74, 6) is 0. The first-order valence-electron chi connectivity index (χ1n) is 2.43. The molecule has 0 rings (SSSR count). The Hall–Kier alpha value is -1.05. The zero-order chi connectivity index (χ0) is 7.28. The Balaban J connectivity index is 3.85. The van der Waals surface area contributed by atoms with Crippen LogP contribution in [-0.4, -0.2) is 14.1 Å². The van der Waals surface area contributed by atoms with Crippen molar-refractivity contribution >= 4 is 14.1 Å². The van der Waals surface area contributed by atoms with Gasteiger partial charge < -0.3 is 0 Å². The van der Waals surface area contributed by atoms with Crippen LogP contribution < -0.4 is 0 Å². The summed E-state index contributed by atoms with van der Waals surface area (Å²) in [4.78, 5) is 9.90. The van der Waals surface area contributed by atoms with E-state index >= 15 is 0 Å². The van der Waals surface area contributed by atoms with E-state index in [9.17, 15) is 4.79 Å². The lowest BCUT2D eigenvalue weighted by molar-refractivity contribution is -0.104. The van der Waals surface area contributed by atoms with Crippen LogP contribution in [0.2, 0.25) is 0 Å². The van der Waals surface area contributed by atoms with Crippen molar-refractivity contribution in [3.05, 3.63) is 36.4 Å². The molecule has 0 unspecified atom stereocenters. The van der Waals surface area contributed by atoms with E-state index in [1.54, 1.807) is 0 Å².